The zero-order valence-corrected chi connectivity index (χ0v) is 9.98. The molecule has 5 nitrogen and oxygen atoms in total. The average Bonchev–Trinajstić information content (AvgIpc) is 2.60. The fraction of sp³-hybridized carbons (Fsp3) is 0.818. The maximum absolute atomic E-state index is 11.3. The standard InChI is InChI=1S/C11H20N2O3/c1-3-12(9(2)14)7-10-5-4-6-13(10)8-11(15)16/h10H,3-8H2,1-2H3,(H,15,16)/t10-/m1/s1. The zero-order chi connectivity index (χ0) is 12.1. The Balaban J connectivity index is 2.51. The van der Waals surface area contributed by atoms with Gasteiger partial charge in [-0.2, -0.15) is 0 Å². The first-order valence-corrected chi connectivity index (χ1v) is 5.76. The summed E-state index contributed by atoms with van der Waals surface area (Å²) < 4.78 is 0. The molecule has 0 aromatic heterocycles. The molecule has 1 aliphatic rings. The van der Waals surface area contributed by atoms with Gasteiger partial charge in [-0.1, -0.05) is 0 Å². The molecule has 0 radical (unpaired) electrons. The van der Waals surface area contributed by atoms with Crippen LogP contribution < -0.4 is 0 Å². The molecule has 0 bridgehead atoms. The number of rotatable bonds is 5. The lowest BCUT2D eigenvalue weighted by molar-refractivity contribution is -0.138. The highest BCUT2D eigenvalue weighted by Crippen LogP contribution is 2.17. The molecule has 0 aromatic carbocycles. The molecule has 1 fully saturated rings. The third kappa shape index (κ3) is 3.48. The summed E-state index contributed by atoms with van der Waals surface area (Å²) in [5.41, 5.74) is 0. The molecular formula is C11H20N2O3. The molecule has 0 unspecified atom stereocenters. The van der Waals surface area contributed by atoms with Gasteiger partial charge in [0.1, 0.15) is 0 Å². The van der Waals surface area contributed by atoms with Gasteiger partial charge < -0.3 is 10.0 Å². The molecule has 1 saturated heterocycles. The summed E-state index contributed by atoms with van der Waals surface area (Å²) in [4.78, 5) is 25.7. The van der Waals surface area contributed by atoms with Gasteiger partial charge in [0.25, 0.3) is 0 Å². The quantitative estimate of drug-likeness (QED) is 0.740. The van der Waals surface area contributed by atoms with Gasteiger partial charge in [0.15, 0.2) is 0 Å². The number of carbonyl (C=O) groups excluding carboxylic acids is 1. The number of hydrogen-bond donors (Lipinski definition) is 1. The maximum atomic E-state index is 11.3. The zero-order valence-electron chi connectivity index (χ0n) is 9.98. The Hall–Kier alpha value is -1.10. The predicted octanol–water partition coefficient (Wildman–Crippen LogP) is 0.404. The highest BCUT2D eigenvalue weighted by molar-refractivity contribution is 5.73. The van der Waals surface area contributed by atoms with Crippen LogP contribution in [0.15, 0.2) is 0 Å². The fourth-order valence-corrected chi connectivity index (χ4v) is 2.22. The van der Waals surface area contributed by atoms with Crippen LogP contribution in [0.4, 0.5) is 0 Å². The molecule has 5 heteroatoms. The van der Waals surface area contributed by atoms with E-state index in [1.54, 1.807) is 11.8 Å². The van der Waals surface area contributed by atoms with E-state index in [9.17, 15) is 9.59 Å². The van der Waals surface area contributed by atoms with Crippen LogP contribution in [0.25, 0.3) is 0 Å². The number of amides is 1. The van der Waals surface area contributed by atoms with Crippen LogP contribution in [0.2, 0.25) is 0 Å². The SMILES string of the molecule is CCN(C[C@H]1CCCN1CC(=O)O)C(C)=O. The van der Waals surface area contributed by atoms with Gasteiger partial charge in [-0.25, -0.2) is 0 Å². The van der Waals surface area contributed by atoms with Gasteiger partial charge in [-0.3, -0.25) is 14.5 Å². The van der Waals surface area contributed by atoms with Crippen LogP contribution >= 0.6 is 0 Å². The second-order valence-electron chi connectivity index (χ2n) is 4.22. The molecular weight excluding hydrogens is 208 g/mol. The molecule has 0 aliphatic carbocycles. The third-order valence-corrected chi connectivity index (χ3v) is 3.10. The van der Waals surface area contributed by atoms with E-state index in [0.29, 0.717) is 13.1 Å². The molecule has 0 aromatic rings. The number of likely N-dealkylation sites (N-methyl/N-ethyl adjacent to an activating group) is 1. The second kappa shape index (κ2) is 5.84. The molecule has 0 saturated carbocycles. The summed E-state index contributed by atoms with van der Waals surface area (Å²) in [5.74, 6) is -0.734. The van der Waals surface area contributed by atoms with Crippen molar-refractivity contribution in [2.75, 3.05) is 26.2 Å². The highest BCUT2D eigenvalue weighted by Gasteiger charge is 2.27. The van der Waals surface area contributed by atoms with E-state index in [2.05, 4.69) is 0 Å². The number of carbonyl (C=O) groups is 2. The first kappa shape index (κ1) is 13.0. The molecule has 1 N–H and O–H groups in total. The Morgan fingerprint density at radius 1 is 1.50 bits per heavy atom. The van der Waals surface area contributed by atoms with Crippen molar-refractivity contribution < 1.29 is 14.7 Å². The Bertz CT molecular complexity index is 268. The normalized spacial score (nSPS) is 21.0. The van der Waals surface area contributed by atoms with Gasteiger partial charge in [-0.05, 0) is 26.3 Å². The Morgan fingerprint density at radius 3 is 2.69 bits per heavy atom. The van der Waals surface area contributed by atoms with Crippen molar-refractivity contribution >= 4 is 11.9 Å². The van der Waals surface area contributed by atoms with Crippen LogP contribution in [0.5, 0.6) is 0 Å². The van der Waals surface area contributed by atoms with Crippen molar-refractivity contribution in [3.63, 3.8) is 0 Å². The van der Waals surface area contributed by atoms with E-state index in [-0.39, 0.29) is 18.5 Å². The topological polar surface area (TPSA) is 60.9 Å². The van der Waals surface area contributed by atoms with Gasteiger partial charge in [0, 0.05) is 26.1 Å². The van der Waals surface area contributed by atoms with E-state index in [1.165, 1.54) is 0 Å². The smallest absolute Gasteiger partial charge is 0.317 e. The summed E-state index contributed by atoms with van der Waals surface area (Å²) in [6.07, 6.45) is 2.00. The lowest BCUT2D eigenvalue weighted by Crippen LogP contribution is -2.43. The van der Waals surface area contributed by atoms with Crippen LogP contribution in [0.1, 0.15) is 26.7 Å². The minimum Gasteiger partial charge on any atom is -0.480 e. The first-order valence-electron chi connectivity index (χ1n) is 5.76. The van der Waals surface area contributed by atoms with Crippen LogP contribution in [0.3, 0.4) is 0 Å². The monoisotopic (exact) mass is 228 g/mol. The fourth-order valence-electron chi connectivity index (χ4n) is 2.22. The van der Waals surface area contributed by atoms with Crippen LogP contribution in [-0.2, 0) is 9.59 Å². The van der Waals surface area contributed by atoms with Crippen molar-refractivity contribution in [2.45, 2.75) is 32.7 Å². The summed E-state index contributed by atoms with van der Waals surface area (Å²) in [5, 5.41) is 8.77. The summed E-state index contributed by atoms with van der Waals surface area (Å²) in [7, 11) is 0. The summed E-state index contributed by atoms with van der Waals surface area (Å²) in [6, 6.07) is 0.208. The second-order valence-corrected chi connectivity index (χ2v) is 4.22. The number of likely N-dealkylation sites (tertiary alicyclic amines) is 1. The van der Waals surface area contributed by atoms with Crippen molar-refractivity contribution in [1.82, 2.24) is 9.80 Å². The van der Waals surface area contributed by atoms with Gasteiger partial charge in [0.2, 0.25) is 5.91 Å². The molecule has 1 aliphatic heterocycles. The number of hydrogen-bond acceptors (Lipinski definition) is 3. The van der Waals surface area contributed by atoms with Crippen molar-refractivity contribution in [2.24, 2.45) is 0 Å². The number of carboxylic acid groups (broad SMARTS) is 1. The summed E-state index contributed by atoms with van der Waals surface area (Å²) in [6.45, 7) is 5.75. The van der Waals surface area contributed by atoms with Crippen molar-refractivity contribution in [1.29, 1.82) is 0 Å². The van der Waals surface area contributed by atoms with Gasteiger partial charge in [0.05, 0.1) is 6.54 Å². The van der Waals surface area contributed by atoms with E-state index in [4.69, 9.17) is 5.11 Å². The largest absolute Gasteiger partial charge is 0.480 e. The van der Waals surface area contributed by atoms with E-state index in [1.807, 2.05) is 11.8 Å². The Kier molecular flexibility index (Phi) is 4.73. The number of aliphatic carboxylic acids is 1. The molecule has 0 spiro atoms. The molecule has 1 atom stereocenters. The molecule has 1 rings (SSSR count). The molecule has 1 amide bonds. The lowest BCUT2D eigenvalue weighted by atomic mass is 10.2. The predicted molar refractivity (Wildman–Crippen MR) is 60.2 cm³/mol. The van der Waals surface area contributed by atoms with Gasteiger partial charge in [-0.15, -0.1) is 0 Å². The Labute approximate surface area is 96.0 Å². The number of nitrogens with zero attached hydrogens (tertiary/aromatic N) is 2. The van der Waals surface area contributed by atoms with Crippen molar-refractivity contribution in [3.05, 3.63) is 0 Å². The molecule has 1 heterocycles. The maximum Gasteiger partial charge on any atom is 0.317 e. The van der Waals surface area contributed by atoms with E-state index < -0.39 is 5.97 Å². The first-order chi connectivity index (χ1) is 7.54. The molecule has 16 heavy (non-hydrogen) atoms. The van der Waals surface area contributed by atoms with Crippen LogP contribution in [-0.4, -0.2) is 59.0 Å². The van der Waals surface area contributed by atoms with Crippen molar-refractivity contribution in [3.8, 4) is 0 Å². The van der Waals surface area contributed by atoms with E-state index >= 15 is 0 Å². The summed E-state index contributed by atoms with van der Waals surface area (Å²) >= 11 is 0. The molecule has 92 valence electrons. The van der Waals surface area contributed by atoms with Crippen LogP contribution in [0, 0.1) is 0 Å². The van der Waals surface area contributed by atoms with E-state index in [0.717, 1.165) is 19.4 Å². The minimum atomic E-state index is -0.794. The lowest BCUT2D eigenvalue weighted by Gasteiger charge is -2.28. The number of carboxylic acids is 1. The third-order valence-electron chi connectivity index (χ3n) is 3.10. The average molecular weight is 228 g/mol. The minimum absolute atomic E-state index is 0.0599. The van der Waals surface area contributed by atoms with Gasteiger partial charge >= 0.3 is 5.97 Å². The Morgan fingerprint density at radius 2 is 2.19 bits per heavy atom. The highest BCUT2D eigenvalue weighted by atomic mass is 16.4.